The number of halogens is 1. The van der Waals surface area contributed by atoms with E-state index in [1.165, 1.54) is 4.90 Å². The molecule has 2 aromatic carbocycles. The lowest BCUT2D eigenvalue weighted by atomic mass is 10.1. The predicted molar refractivity (Wildman–Crippen MR) is 129 cm³/mol. The number of anilines is 2. The zero-order valence-corrected chi connectivity index (χ0v) is 19.2. The van der Waals surface area contributed by atoms with Gasteiger partial charge in [-0.3, -0.25) is 19.2 Å². The first-order chi connectivity index (χ1) is 15.3. The molecule has 1 aromatic heterocycles. The molecular formula is C23H22ClN5O2S. The molecule has 0 bridgehead atoms. The highest BCUT2D eigenvalue weighted by Crippen LogP contribution is 2.29. The van der Waals surface area contributed by atoms with Crippen molar-refractivity contribution < 1.29 is 9.59 Å². The summed E-state index contributed by atoms with van der Waals surface area (Å²) in [5.74, 6) is -0.509. The SMILES string of the molecule is Cc1c(CN2C(=S)N(c3ccccc3)C(=O)C2CC(=O)Nc2ccc(Cl)cc2)cnn1C. The molecule has 3 aromatic rings. The van der Waals surface area contributed by atoms with Gasteiger partial charge in [-0.05, 0) is 55.5 Å². The summed E-state index contributed by atoms with van der Waals surface area (Å²) in [5, 5.41) is 8.07. The van der Waals surface area contributed by atoms with Gasteiger partial charge in [0, 0.05) is 35.6 Å². The summed E-state index contributed by atoms with van der Waals surface area (Å²) in [5.41, 5.74) is 3.21. The number of para-hydroxylation sites is 1. The third kappa shape index (κ3) is 4.37. The van der Waals surface area contributed by atoms with Crippen molar-refractivity contribution in [2.75, 3.05) is 10.2 Å². The summed E-state index contributed by atoms with van der Waals surface area (Å²) < 4.78 is 1.77. The van der Waals surface area contributed by atoms with E-state index in [0.29, 0.717) is 28.1 Å². The standard InChI is InChI=1S/C23H22ClN5O2S/c1-15-16(13-25-27(15)2)14-28-20(12-21(30)26-18-10-8-17(24)9-11-18)22(31)29(23(28)32)19-6-4-3-5-7-19/h3-11,13,20H,12,14H2,1-2H3,(H,26,30). The molecule has 1 saturated heterocycles. The zero-order valence-electron chi connectivity index (χ0n) is 17.7. The number of hydrogen-bond donors (Lipinski definition) is 1. The summed E-state index contributed by atoms with van der Waals surface area (Å²) >= 11 is 11.6. The molecule has 1 aliphatic heterocycles. The molecule has 0 aliphatic carbocycles. The first-order valence-electron chi connectivity index (χ1n) is 10.1. The number of hydrogen-bond acceptors (Lipinski definition) is 4. The van der Waals surface area contributed by atoms with Crippen molar-refractivity contribution in [2.24, 2.45) is 7.05 Å². The lowest BCUT2D eigenvalue weighted by Crippen LogP contribution is -2.37. The Kier molecular flexibility index (Phi) is 6.25. The van der Waals surface area contributed by atoms with Crippen molar-refractivity contribution in [2.45, 2.75) is 25.9 Å². The minimum absolute atomic E-state index is 0.0375. The Morgan fingerprint density at radius 2 is 1.84 bits per heavy atom. The van der Waals surface area contributed by atoms with E-state index in [1.54, 1.807) is 40.0 Å². The molecule has 1 atom stereocenters. The van der Waals surface area contributed by atoms with E-state index < -0.39 is 6.04 Å². The number of thiocarbonyl (C=S) groups is 1. The molecule has 1 aliphatic rings. The Morgan fingerprint density at radius 3 is 2.47 bits per heavy atom. The fourth-order valence-corrected chi connectivity index (χ4v) is 4.15. The minimum atomic E-state index is -0.727. The topological polar surface area (TPSA) is 70.5 Å². The molecule has 0 spiro atoms. The van der Waals surface area contributed by atoms with Crippen molar-refractivity contribution in [1.29, 1.82) is 0 Å². The third-order valence-corrected chi connectivity index (χ3v) is 6.19. The maximum Gasteiger partial charge on any atom is 0.256 e. The average molecular weight is 468 g/mol. The van der Waals surface area contributed by atoms with Crippen LogP contribution in [0, 0.1) is 6.92 Å². The minimum Gasteiger partial charge on any atom is -0.331 e. The molecule has 0 radical (unpaired) electrons. The van der Waals surface area contributed by atoms with Gasteiger partial charge in [0.2, 0.25) is 5.91 Å². The number of aryl methyl sites for hydroxylation is 1. The summed E-state index contributed by atoms with van der Waals surface area (Å²) in [6.45, 7) is 2.34. The molecule has 164 valence electrons. The van der Waals surface area contributed by atoms with Crippen LogP contribution in [0.15, 0.2) is 60.8 Å². The van der Waals surface area contributed by atoms with E-state index in [0.717, 1.165) is 11.3 Å². The van der Waals surface area contributed by atoms with Crippen LogP contribution in [-0.2, 0) is 23.2 Å². The second-order valence-electron chi connectivity index (χ2n) is 7.57. The summed E-state index contributed by atoms with van der Waals surface area (Å²) in [6.07, 6.45) is 1.72. The van der Waals surface area contributed by atoms with Crippen molar-refractivity contribution >= 4 is 52.1 Å². The Balaban J connectivity index is 1.60. The van der Waals surface area contributed by atoms with Gasteiger partial charge in [-0.25, -0.2) is 0 Å². The van der Waals surface area contributed by atoms with E-state index >= 15 is 0 Å². The third-order valence-electron chi connectivity index (χ3n) is 5.52. The van der Waals surface area contributed by atoms with Crippen molar-refractivity contribution in [3.63, 3.8) is 0 Å². The van der Waals surface area contributed by atoms with Gasteiger partial charge in [-0.15, -0.1) is 0 Å². The van der Waals surface area contributed by atoms with Crippen molar-refractivity contribution in [3.8, 4) is 0 Å². The van der Waals surface area contributed by atoms with E-state index in [1.807, 2.05) is 44.3 Å². The van der Waals surface area contributed by atoms with E-state index in [4.69, 9.17) is 23.8 Å². The lowest BCUT2D eigenvalue weighted by molar-refractivity contribution is -0.124. The maximum atomic E-state index is 13.4. The van der Waals surface area contributed by atoms with Crippen LogP contribution < -0.4 is 10.2 Å². The van der Waals surface area contributed by atoms with Crippen molar-refractivity contribution in [3.05, 3.63) is 77.1 Å². The van der Waals surface area contributed by atoms with Gasteiger partial charge in [-0.2, -0.15) is 5.10 Å². The number of aromatic nitrogens is 2. The number of amides is 2. The average Bonchev–Trinajstić information content (AvgIpc) is 3.21. The molecule has 2 amide bonds. The lowest BCUT2D eigenvalue weighted by Gasteiger charge is -2.23. The Bertz CT molecular complexity index is 1160. The van der Waals surface area contributed by atoms with Crippen LogP contribution in [0.1, 0.15) is 17.7 Å². The van der Waals surface area contributed by atoms with Gasteiger partial charge in [0.25, 0.3) is 5.91 Å². The van der Waals surface area contributed by atoms with E-state index in [9.17, 15) is 9.59 Å². The van der Waals surface area contributed by atoms with Crippen LogP contribution in [-0.4, -0.2) is 37.6 Å². The molecule has 4 rings (SSSR count). The van der Waals surface area contributed by atoms with Crippen molar-refractivity contribution in [1.82, 2.24) is 14.7 Å². The van der Waals surface area contributed by atoms with Crippen LogP contribution in [0.25, 0.3) is 0 Å². The number of carbonyl (C=O) groups is 2. The summed E-state index contributed by atoms with van der Waals surface area (Å²) in [7, 11) is 1.86. The molecule has 9 heteroatoms. The molecule has 32 heavy (non-hydrogen) atoms. The second-order valence-corrected chi connectivity index (χ2v) is 8.38. The normalized spacial score (nSPS) is 16.0. The summed E-state index contributed by atoms with van der Waals surface area (Å²) in [6, 6.07) is 15.3. The number of carbonyl (C=O) groups excluding carboxylic acids is 2. The fourth-order valence-electron chi connectivity index (χ4n) is 3.63. The number of nitrogens with one attached hydrogen (secondary N) is 1. The molecule has 1 unspecified atom stereocenters. The highest BCUT2D eigenvalue weighted by molar-refractivity contribution is 7.80. The van der Waals surface area contributed by atoms with Gasteiger partial charge >= 0.3 is 0 Å². The fraction of sp³-hybridized carbons (Fsp3) is 0.217. The van der Waals surface area contributed by atoms with Gasteiger partial charge in [0.05, 0.1) is 18.3 Å². The number of rotatable bonds is 6. The molecular weight excluding hydrogens is 446 g/mol. The number of nitrogens with zero attached hydrogens (tertiary/aromatic N) is 4. The quantitative estimate of drug-likeness (QED) is 0.556. The van der Waals surface area contributed by atoms with Crippen LogP contribution >= 0.6 is 23.8 Å². The molecule has 1 fully saturated rings. The molecule has 2 heterocycles. The number of benzene rings is 2. The monoisotopic (exact) mass is 467 g/mol. The van der Waals surface area contributed by atoms with Gasteiger partial charge in [0.15, 0.2) is 5.11 Å². The Morgan fingerprint density at radius 1 is 1.16 bits per heavy atom. The highest BCUT2D eigenvalue weighted by atomic mass is 35.5. The predicted octanol–water partition coefficient (Wildman–Crippen LogP) is 3.91. The zero-order chi connectivity index (χ0) is 22.8. The molecule has 0 saturated carbocycles. The molecule has 1 N–H and O–H groups in total. The largest absolute Gasteiger partial charge is 0.331 e. The van der Waals surface area contributed by atoms with Gasteiger partial charge < -0.3 is 10.2 Å². The maximum absolute atomic E-state index is 13.4. The van der Waals surface area contributed by atoms with Crippen LogP contribution in [0.2, 0.25) is 5.02 Å². The van der Waals surface area contributed by atoms with E-state index in [-0.39, 0.29) is 18.2 Å². The first-order valence-corrected chi connectivity index (χ1v) is 10.9. The second kappa shape index (κ2) is 9.10. The first kappa shape index (κ1) is 22.0. The highest BCUT2D eigenvalue weighted by Gasteiger charge is 2.44. The van der Waals surface area contributed by atoms with Gasteiger partial charge in [-0.1, -0.05) is 29.8 Å². The van der Waals surface area contributed by atoms with Crippen LogP contribution in [0.5, 0.6) is 0 Å². The Hall–Kier alpha value is -3.23. The van der Waals surface area contributed by atoms with Crippen LogP contribution in [0.4, 0.5) is 11.4 Å². The van der Waals surface area contributed by atoms with Crippen LogP contribution in [0.3, 0.4) is 0 Å². The van der Waals surface area contributed by atoms with E-state index in [2.05, 4.69) is 10.4 Å². The summed E-state index contributed by atoms with van der Waals surface area (Å²) in [4.78, 5) is 29.5. The van der Waals surface area contributed by atoms with Gasteiger partial charge in [0.1, 0.15) is 6.04 Å². The Labute approximate surface area is 196 Å². The smallest absolute Gasteiger partial charge is 0.256 e. The molecule has 7 nitrogen and oxygen atoms in total.